The van der Waals surface area contributed by atoms with E-state index in [-0.39, 0.29) is 23.2 Å². The molecule has 0 spiro atoms. The molecule has 1 N–H and O–H groups in total. The summed E-state index contributed by atoms with van der Waals surface area (Å²) in [5, 5.41) is 20.9. The first-order chi connectivity index (χ1) is 15.3. The smallest absolute Gasteiger partial charge is 0.271 e. The molecule has 3 rings (SSSR count). The summed E-state index contributed by atoms with van der Waals surface area (Å²) in [4.78, 5) is 26.1. The molecule has 164 valence electrons. The molecule has 0 saturated heterocycles. The summed E-state index contributed by atoms with van der Waals surface area (Å²) in [6.45, 7) is 4.98. The molecule has 0 aliphatic carbocycles. The Morgan fingerprint density at radius 2 is 1.88 bits per heavy atom. The molecule has 1 heterocycles. The minimum Gasteiger partial charge on any atom is -0.494 e. The predicted octanol–water partition coefficient (Wildman–Crippen LogP) is 4.65. The molecule has 0 fully saturated rings. The molecule has 0 aliphatic heterocycles. The van der Waals surface area contributed by atoms with Gasteiger partial charge in [-0.05, 0) is 55.2 Å². The summed E-state index contributed by atoms with van der Waals surface area (Å²) in [7, 11) is 0. The van der Waals surface area contributed by atoms with Crippen LogP contribution >= 0.6 is 11.6 Å². The van der Waals surface area contributed by atoms with Crippen LogP contribution in [0.5, 0.6) is 11.6 Å². The van der Waals surface area contributed by atoms with Gasteiger partial charge in [-0.1, -0.05) is 48.9 Å². The number of carbonyl (C=O) groups excluding carboxylic acids is 1. The van der Waals surface area contributed by atoms with E-state index in [1.165, 1.54) is 6.92 Å². The molecular formula is C25H23ClN2O4. The first-order valence-electron chi connectivity index (χ1n) is 10.2. The average Bonchev–Trinajstić information content (AvgIpc) is 2.78. The quantitative estimate of drug-likeness (QED) is 0.529. The van der Waals surface area contributed by atoms with Crippen LogP contribution in [0.15, 0.2) is 53.3 Å². The number of aryl methyl sites for hydroxylation is 1. The van der Waals surface area contributed by atoms with E-state index in [0.29, 0.717) is 16.3 Å². The minimum atomic E-state index is -0.954. The Labute approximate surface area is 191 Å². The van der Waals surface area contributed by atoms with Crippen molar-refractivity contribution in [2.24, 2.45) is 0 Å². The molecule has 1 unspecified atom stereocenters. The van der Waals surface area contributed by atoms with Crippen LogP contribution in [0.4, 0.5) is 0 Å². The van der Waals surface area contributed by atoms with Crippen molar-refractivity contribution >= 4 is 17.4 Å². The number of hydrogen-bond acceptors (Lipinski definition) is 5. The number of carbonyl (C=O) groups is 1. The molecular weight excluding hydrogens is 428 g/mol. The normalized spacial score (nSPS) is 11.6. The second-order valence-corrected chi connectivity index (χ2v) is 7.82. The number of ether oxygens (including phenoxy) is 1. The van der Waals surface area contributed by atoms with Crippen molar-refractivity contribution in [3.8, 4) is 17.7 Å². The van der Waals surface area contributed by atoms with Crippen molar-refractivity contribution in [2.45, 2.75) is 39.8 Å². The van der Waals surface area contributed by atoms with Crippen molar-refractivity contribution in [3.05, 3.63) is 91.7 Å². The molecule has 3 aromatic rings. The number of pyridine rings is 1. The van der Waals surface area contributed by atoms with Gasteiger partial charge in [0.15, 0.2) is 6.10 Å². The minimum absolute atomic E-state index is 0.0900. The topological polar surface area (TPSA) is 92.3 Å². The summed E-state index contributed by atoms with van der Waals surface area (Å²) in [5.74, 6) is -0.553. The Kier molecular flexibility index (Phi) is 7.01. The number of benzene rings is 2. The van der Waals surface area contributed by atoms with Crippen LogP contribution in [0, 0.1) is 18.3 Å². The van der Waals surface area contributed by atoms with Crippen LogP contribution in [0.3, 0.4) is 0 Å². The molecule has 1 aromatic heterocycles. The Morgan fingerprint density at radius 1 is 1.22 bits per heavy atom. The third-order valence-electron chi connectivity index (χ3n) is 5.35. The fourth-order valence-corrected chi connectivity index (χ4v) is 3.65. The second-order valence-electron chi connectivity index (χ2n) is 7.41. The summed E-state index contributed by atoms with van der Waals surface area (Å²) < 4.78 is 6.76. The number of aromatic nitrogens is 1. The van der Waals surface area contributed by atoms with E-state index < -0.39 is 23.3 Å². The van der Waals surface area contributed by atoms with E-state index in [0.717, 1.165) is 16.6 Å². The first kappa shape index (κ1) is 23.1. The highest BCUT2D eigenvalue weighted by atomic mass is 35.5. The Morgan fingerprint density at radius 3 is 2.47 bits per heavy atom. The highest BCUT2D eigenvalue weighted by Gasteiger charge is 2.28. The molecule has 32 heavy (non-hydrogen) atoms. The molecule has 2 aromatic carbocycles. The van der Waals surface area contributed by atoms with Gasteiger partial charge >= 0.3 is 0 Å². The molecule has 7 heteroatoms. The van der Waals surface area contributed by atoms with Gasteiger partial charge in [-0.2, -0.15) is 5.26 Å². The number of nitriles is 1. The molecule has 0 radical (unpaired) electrons. The average molecular weight is 451 g/mol. The number of aromatic hydroxyl groups is 1. The zero-order chi connectivity index (χ0) is 23.4. The lowest BCUT2D eigenvalue weighted by Gasteiger charge is -2.19. The van der Waals surface area contributed by atoms with Gasteiger partial charge in [-0.25, -0.2) is 0 Å². The van der Waals surface area contributed by atoms with Crippen molar-refractivity contribution in [2.75, 3.05) is 0 Å². The summed E-state index contributed by atoms with van der Waals surface area (Å²) in [6.07, 6.45) is -0.0731. The van der Waals surface area contributed by atoms with Crippen LogP contribution in [-0.2, 0) is 13.0 Å². The summed E-state index contributed by atoms with van der Waals surface area (Å²) in [5.41, 5.74) is 0.798. The summed E-state index contributed by atoms with van der Waals surface area (Å²) in [6, 6.07) is 16.1. The van der Waals surface area contributed by atoms with Crippen LogP contribution in [0.1, 0.15) is 46.5 Å². The Hall–Kier alpha value is -3.56. The molecule has 6 nitrogen and oxygen atoms in total. The van der Waals surface area contributed by atoms with Crippen molar-refractivity contribution in [1.82, 2.24) is 4.57 Å². The Balaban J connectivity index is 2.02. The summed E-state index contributed by atoms with van der Waals surface area (Å²) >= 11 is 6.20. The van der Waals surface area contributed by atoms with Gasteiger partial charge < -0.3 is 9.84 Å². The maximum atomic E-state index is 13.2. The van der Waals surface area contributed by atoms with Crippen LogP contribution in [0.25, 0.3) is 0 Å². The maximum Gasteiger partial charge on any atom is 0.271 e. The number of Topliss-reactive ketones (excluding diaryl/α,β-unsaturated/α-hetero) is 1. The van der Waals surface area contributed by atoms with E-state index in [4.69, 9.17) is 16.3 Å². The number of rotatable bonds is 7. The SMILES string of the molecule is CCc1ccc(OC(C)C(=O)c2c(C)c(C#N)c(=O)n(Cc3ccccc3Cl)c2O)cc1. The molecule has 0 amide bonds. The van der Waals surface area contributed by atoms with E-state index >= 15 is 0 Å². The second kappa shape index (κ2) is 9.71. The predicted molar refractivity (Wildman–Crippen MR) is 123 cm³/mol. The maximum absolute atomic E-state index is 13.2. The van der Waals surface area contributed by atoms with Gasteiger partial charge in [0.1, 0.15) is 17.4 Å². The van der Waals surface area contributed by atoms with Gasteiger partial charge in [-0.3, -0.25) is 14.2 Å². The zero-order valence-corrected chi connectivity index (χ0v) is 18.8. The van der Waals surface area contributed by atoms with Gasteiger partial charge in [0, 0.05) is 5.02 Å². The monoisotopic (exact) mass is 450 g/mol. The van der Waals surface area contributed by atoms with E-state index in [9.17, 15) is 20.0 Å². The number of nitrogens with zero attached hydrogens (tertiary/aromatic N) is 2. The van der Waals surface area contributed by atoms with Crippen LogP contribution < -0.4 is 10.3 Å². The van der Waals surface area contributed by atoms with Crippen molar-refractivity contribution in [1.29, 1.82) is 5.26 Å². The lowest BCUT2D eigenvalue weighted by molar-refractivity contribution is 0.0812. The van der Waals surface area contributed by atoms with E-state index in [1.807, 2.05) is 25.1 Å². The lowest BCUT2D eigenvalue weighted by Crippen LogP contribution is -2.31. The molecule has 0 aliphatic rings. The third kappa shape index (κ3) is 4.53. The van der Waals surface area contributed by atoms with E-state index in [1.54, 1.807) is 43.3 Å². The first-order valence-corrected chi connectivity index (χ1v) is 10.6. The standard InChI is InChI=1S/C25H23ClN2O4/c1-4-17-9-11-19(12-10-17)32-16(3)23(29)22-15(2)20(13-27)24(30)28(25(22)31)14-18-7-5-6-8-21(18)26/h5-12,16,31H,4,14H2,1-3H3. The Bertz CT molecular complexity index is 1260. The van der Waals surface area contributed by atoms with Gasteiger partial charge in [-0.15, -0.1) is 0 Å². The molecule has 0 bridgehead atoms. The highest BCUT2D eigenvalue weighted by Crippen LogP contribution is 2.27. The number of halogens is 1. The lowest BCUT2D eigenvalue weighted by atomic mass is 9.99. The van der Waals surface area contributed by atoms with Gasteiger partial charge in [0.25, 0.3) is 5.56 Å². The fraction of sp³-hybridized carbons (Fsp3) is 0.240. The molecule has 0 saturated carbocycles. The van der Waals surface area contributed by atoms with Crippen molar-refractivity contribution in [3.63, 3.8) is 0 Å². The fourth-order valence-electron chi connectivity index (χ4n) is 3.45. The van der Waals surface area contributed by atoms with Crippen LogP contribution in [-0.4, -0.2) is 21.6 Å². The number of hydrogen-bond donors (Lipinski definition) is 1. The van der Waals surface area contributed by atoms with Gasteiger partial charge in [0.2, 0.25) is 11.7 Å². The largest absolute Gasteiger partial charge is 0.494 e. The van der Waals surface area contributed by atoms with Crippen LogP contribution in [0.2, 0.25) is 5.02 Å². The zero-order valence-electron chi connectivity index (χ0n) is 18.1. The number of ketones is 1. The molecule has 1 atom stereocenters. The third-order valence-corrected chi connectivity index (χ3v) is 5.72. The highest BCUT2D eigenvalue weighted by molar-refractivity contribution is 6.31. The van der Waals surface area contributed by atoms with Crippen molar-refractivity contribution < 1.29 is 14.6 Å². The van der Waals surface area contributed by atoms with Gasteiger partial charge in [0.05, 0.1) is 12.1 Å². The van der Waals surface area contributed by atoms with E-state index in [2.05, 4.69) is 0 Å².